The van der Waals surface area contributed by atoms with E-state index in [1.165, 1.54) is 17.8 Å². The molecule has 0 aliphatic heterocycles. The van der Waals surface area contributed by atoms with E-state index in [9.17, 15) is 10.1 Å². The number of para-hydroxylation sites is 2. The van der Waals surface area contributed by atoms with Crippen LogP contribution < -0.4 is 4.74 Å². The van der Waals surface area contributed by atoms with Crippen molar-refractivity contribution in [3.63, 3.8) is 0 Å². The van der Waals surface area contributed by atoms with Crippen molar-refractivity contribution in [1.29, 1.82) is 0 Å². The minimum atomic E-state index is -0.351. The fourth-order valence-electron chi connectivity index (χ4n) is 3.41. The van der Waals surface area contributed by atoms with E-state index in [1.54, 1.807) is 12.1 Å². The third-order valence-corrected chi connectivity index (χ3v) is 5.95. The van der Waals surface area contributed by atoms with Crippen molar-refractivity contribution in [2.75, 3.05) is 0 Å². The van der Waals surface area contributed by atoms with Gasteiger partial charge in [-0.25, -0.2) is 0 Å². The molecule has 3 rings (SSSR count). The van der Waals surface area contributed by atoms with Crippen LogP contribution >= 0.6 is 11.8 Å². The number of hydrogen-bond donors (Lipinski definition) is 0. The van der Waals surface area contributed by atoms with Gasteiger partial charge >= 0.3 is 0 Å². The van der Waals surface area contributed by atoms with Crippen LogP contribution in [0.3, 0.4) is 0 Å². The molecular formula is C23H28N4O3S. The van der Waals surface area contributed by atoms with Crippen molar-refractivity contribution in [2.24, 2.45) is 0 Å². The van der Waals surface area contributed by atoms with Gasteiger partial charge < -0.3 is 9.30 Å². The number of hydrogen-bond acceptors (Lipinski definition) is 6. The van der Waals surface area contributed by atoms with E-state index in [0.717, 1.165) is 22.3 Å². The summed E-state index contributed by atoms with van der Waals surface area (Å²) in [5, 5.41) is 20.8. The Bertz CT molecular complexity index is 1050. The highest BCUT2D eigenvalue weighted by atomic mass is 32.2. The maximum Gasteiger partial charge on any atom is 0.273 e. The first-order chi connectivity index (χ1) is 14.8. The Morgan fingerprint density at radius 1 is 1.03 bits per heavy atom. The van der Waals surface area contributed by atoms with E-state index in [0.29, 0.717) is 17.2 Å². The Kier molecular flexibility index (Phi) is 7.33. The van der Waals surface area contributed by atoms with E-state index in [-0.39, 0.29) is 22.8 Å². The summed E-state index contributed by atoms with van der Waals surface area (Å²) in [7, 11) is 0. The van der Waals surface area contributed by atoms with Gasteiger partial charge in [0.05, 0.1) is 4.92 Å². The summed E-state index contributed by atoms with van der Waals surface area (Å²) in [6.45, 7) is 10.4. The van der Waals surface area contributed by atoms with Crippen LogP contribution in [0.1, 0.15) is 69.6 Å². The van der Waals surface area contributed by atoms with Crippen LogP contribution in [0, 0.1) is 10.1 Å². The third-order valence-electron chi connectivity index (χ3n) is 4.96. The Balaban J connectivity index is 1.83. The van der Waals surface area contributed by atoms with Crippen molar-refractivity contribution in [3.05, 3.63) is 75.6 Å². The number of aromatic nitrogens is 3. The molecule has 0 aliphatic rings. The van der Waals surface area contributed by atoms with Gasteiger partial charge in [-0.3, -0.25) is 10.1 Å². The highest BCUT2D eigenvalue weighted by Crippen LogP contribution is 2.33. The van der Waals surface area contributed by atoms with Crippen LogP contribution in [0.5, 0.6) is 5.75 Å². The zero-order chi connectivity index (χ0) is 22.5. The van der Waals surface area contributed by atoms with Crippen LogP contribution in [0.4, 0.5) is 5.69 Å². The SMILES string of the molecule is CC(C)c1ccccc1OC(C)c1nnc(SCc2ccccc2[N+](=O)[O-])n1C(C)C. The second-order valence-electron chi connectivity index (χ2n) is 7.93. The molecule has 0 saturated heterocycles. The van der Waals surface area contributed by atoms with Gasteiger partial charge in [0.25, 0.3) is 5.69 Å². The van der Waals surface area contributed by atoms with E-state index >= 15 is 0 Å². The van der Waals surface area contributed by atoms with Crippen molar-refractivity contribution < 1.29 is 9.66 Å². The Morgan fingerprint density at radius 3 is 2.39 bits per heavy atom. The molecule has 1 unspecified atom stereocenters. The van der Waals surface area contributed by atoms with E-state index in [4.69, 9.17) is 4.74 Å². The maximum absolute atomic E-state index is 11.3. The molecule has 1 atom stereocenters. The molecule has 0 saturated carbocycles. The molecule has 0 amide bonds. The molecular weight excluding hydrogens is 412 g/mol. The molecule has 1 aromatic heterocycles. The summed E-state index contributed by atoms with van der Waals surface area (Å²) in [4.78, 5) is 10.9. The van der Waals surface area contributed by atoms with Gasteiger partial charge in [0.2, 0.25) is 0 Å². The van der Waals surface area contributed by atoms with Crippen LogP contribution in [0.2, 0.25) is 0 Å². The summed E-state index contributed by atoms with van der Waals surface area (Å²) in [6, 6.07) is 14.9. The lowest BCUT2D eigenvalue weighted by atomic mass is 10.0. The number of nitrogens with zero attached hydrogens (tertiary/aromatic N) is 4. The van der Waals surface area contributed by atoms with Crippen molar-refractivity contribution in [3.8, 4) is 5.75 Å². The number of nitro groups is 1. The monoisotopic (exact) mass is 440 g/mol. The smallest absolute Gasteiger partial charge is 0.273 e. The van der Waals surface area contributed by atoms with Gasteiger partial charge in [0.1, 0.15) is 5.75 Å². The number of rotatable bonds is 9. The fourth-order valence-corrected chi connectivity index (χ4v) is 4.48. The first-order valence-corrected chi connectivity index (χ1v) is 11.3. The second kappa shape index (κ2) is 9.96. The quantitative estimate of drug-likeness (QED) is 0.220. The highest BCUT2D eigenvalue weighted by Gasteiger charge is 2.23. The minimum Gasteiger partial charge on any atom is -0.482 e. The molecule has 7 nitrogen and oxygen atoms in total. The normalized spacial score (nSPS) is 12.4. The molecule has 0 spiro atoms. The maximum atomic E-state index is 11.3. The van der Waals surface area contributed by atoms with Crippen LogP contribution in [-0.4, -0.2) is 19.7 Å². The molecule has 164 valence electrons. The molecule has 2 aromatic carbocycles. The summed E-state index contributed by atoms with van der Waals surface area (Å²) >= 11 is 1.44. The molecule has 0 N–H and O–H groups in total. The van der Waals surface area contributed by atoms with Crippen molar-refractivity contribution >= 4 is 17.4 Å². The number of ether oxygens (including phenoxy) is 1. The zero-order valence-electron chi connectivity index (χ0n) is 18.5. The van der Waals surface area contributed by atoms with Crippen molar-refractivity contribution in [2.45, 2.75) is 63.6 Å². The van der Waals surface area contributed by atoms with E-state index in [1.807, 2.05) is 35.8 Å². The van der Waals surface area contributed by atoms with Gasteiger partial charge in [-0.05, 0) is 38.3 Å². The Morgan fingerprint density at radius 2 is 1.71 bits per heavy atom. The summed E-state index contributed by atoms with van der Waals surface area (Å²) in [5.74, 6) is 2.36. The number of benzene rings is 2. The Labute approximate surface area is 187 Å². The lowest BCUT2D eigenvalue weighted by Gasteiger charge is -2.21. The zero-order valence-corrected chi connectivity index (χ0v) is 19.3. The van der Waals surface area contributed by atoms with Crippen LogP contribution in [0.15, 0.2) is 53.7 Å². The average molecular weight is 441 g/mol. The van der Waals surface area contributed by atoms with Gasteiger partial charge in [0.15, 0.2) is 17.1 Å². The molecule has 0 bridgehead atoms. The van der Waals surface area contributed by atoms with Gasteiger partial charge in [0, 0.05) is 23.4 Å². The van der Waals surface area contributed by atoms with Crippen molar-refractivity contribution in [1.82, 2.24) is 14.8 Å². The predicted molar refractivity (Wildman–Crippen MR) is 123 cm³/mol. The molecule has 0 fully saturated rings. The lowest BCUT2D eigenvalue weighted by Crippen LogP contribution is -2.15. The largest absolute Gasteiger partial charge is 0.482 e. The summed E-state index contributed by atoms with van der Waals surface area (Å²) in [6.07, 6.45) is -0.296. The first kappa shape index (κ1) is 22.8. The summed E-state index contributed by atoms with van der Waals surface area (Å²) < 4.78 is 8.33. The Hall–Kier alpha value is -2.87. The average Bonchev–Trinajstić information content (AvgIpc) is 3.17. The molecule has 8 heteroatoms. The first-order valence-electron chi connectivity index (χ1n) is 10.3. The molecule has 31 heavy (non-hydrogen) atoms. The van der Waals surface area contributed by atoms with Gasteiger partial charge in [-0.1, -0.05) is 62.0 Å². The van der Waals surface area contributed by atoms with Gasteiger partial charge in [-0.15, -0.1) is 10.2 Å². The standard InChI is InChI=1S/C23H28N4O3S/c1-15(2)19-11-7-9-13-21(19)30-17(5)22-24-25-23(26(22)16(3)4)31-14-18-10-6-8-12-20(18)27(28)29/h6-13,15-17H,14H2,1-5H3. The molecule has 1 heterocycles. The second-order valence-corrected chi connectivity index (χ2v) is 8.87. The highest BCUT2D eigenvalue weighted by molar-refractivity contribution is 7.98. The molecule has 3 aromatic rings. The topological polar surface area (TPSA) is 83.1 Å². The van der Waals surface area contributed by atoms with E-state index in [2.05, 4.69) is 44.0 Å². The molecule has 0 aliphatic carbocycles. The fraction of sp³-hybridized carbons (Fsp3) is 0.391. The van der Waals surface area contributed by atoms with E-state index < -0.39 is 0 Å². The predicted octanol–water partition coefficient (Wildman–Crippen LogP) is 6.32. The lowest BCUT2D eigenvalue weighted by molar-refractivity contribution is -0.385. The van der Waals surface area contributed by atoms with Gasteiger partial charge in [-0.2, -0.15) is 0 Å². The summed E-state index contributed by atoms with van der Waals surface area (Å²) in [5.41, 5.74) is 1.93. The van der Waals surface area contributed by atoms with Crippen LogP contribution in [-0.2, 0) is 5.75 Å². The minimum absolute atomic E-state index is 0.115. The molecule has 0 radical (unpaired) electrons. The number of thioether (sulfide) groups is 1. The third kappa shape index (κ3) is 5.25. The number of nitro benzene ring substituents is 1. The van der Waals surface area contributed by atoms with Crippen LogP contribution in [0.25, 0.3) is 0 Å².